The van der Waals surface area contributed by atoms with Crippen LogP contribution in [0.25, 0.3) is 0 Å². The largest absolute Gasteiger partial charge is 0.481 e. The third-order valence-electron chi connectivity index (χ3n) is 3.99. The number of carbonyl (C=O) groups is 1. The lowest BCUT2D eigenvalue weighted by Crippen LogP contribution is -2.22. The molecule has 0 saturated heterocycles. The molecular formula is C17H17NO2. The maximum Gasteiger partial charge on any atom is 0.303 e. The number of hydrogen-bond acceptors (Lipinski definition) is 2. The number of anilines is 2. The van der Waals surface area contributed by atoms with Crippen LogP contribution in [0, 0.1) is 0 Å². The molecule has 3 nitrogen and oxygen atoms in total. The zero-order chi connectivity index (χ0) is 14.1. The molecule has 3 rings (SSSR count). The fourth-order valence-electron chi connectivity index (χ4n) is 3.05. The van der Waals surface area contributed by atoms with Crippen LogP contribution in [0.3, 0.4) is 0 Å². The summed E-state index contributed by atoms with van der Waals surface area (Å²) in [5.74, 6) is -0.575. The van der Waals surface area contributed by atoms with E-state index in [1.165, 1.54) is 22.5 Å². The summed E-state index contributed by atoms with van der Waals surface area (Å²) in [5.41, 5.74) is 4.77. The summed E-state index contributed by atoms with van der Waals surface area (Å²) in [5, 5.41) is 8.98. The summed E-state index contributed by atoms with van der Waals surface area (Å²) >= 11 is 0. The third kappa shape index (κ3) is 2.05. The van der Waals surface area contributed by atoms with E-state index in [0.29, 0.717) is 6.42 Å². The molecule has 0 atom stereocenters. The second-order valence-electron chi connectivity index (χ2n) is 5.16. The van der Waals surface area contributed by atoms with Crippen molar-refractivity contribution in [3.05, 3.63) is 59.7 Å². The van der Waals surface area contributed by atoms with Gasteiger partial charge in [0.1, 0.15) is 0 Å². The molecule has 1 heterocycles. The highest BCUT2D eigenvalue weighted by Crippen LogP contribution is 2.46. The van der Waals surface area contributed by atoms with Crippen LogP contribution in [0.2, 0.25) is 0 Å². The van der Waals surface area contributed by atoms with E-state index in [1.54, 1.807) is 0 Å². The van der Waals surface area contributed by atoms with E-state index in [-0.39, 0.29) is 12.3 Å². The highest BCUT2D eigenvalue weighted by molar-refractivity contribution is 5.76. The lowest BCUT2D eigenvalue weighted by Gasteiger charge is -2.35. The van der Waals surface area contributed by atoms with Crippen LogP contribution < -0.4 is 4.90 Å². The van der Waals surface area contributed by atoms with E-state index in [2.05, 4.69) is 36.2 Å². The Labute approximate surface area is 118 Å². The molecule has 1 N–H and O–H groups in total. The van der Waals surface area contributed by atoms with Crippen molar-refractivity contribution >= 4 is 17.3 Å². The van der Waals surface area contributed by atoms with Crippen LogP contribution >= 0.6 is 0 Å². The molecule has 0 saturated carbocycles. The van der Waals surface area contributed by atoms with Crippen LogP contribution in [-0.2, 0) is 4.79 Å². The monoisotopic (exact) mass is 267 g/mol. The second-order valence-corrected chi connectivity index (χ2v) is 5.16. The molecule has 0 unspecified atom stereocenters. The first-order chi connectivity index (χ1) is 9.68. The lowest BCUT2D eigenvalue weighted by molar-refractivity contribution is -0.137. The number of fused-ring (bicyclic) bond motifs is 2. The van der Waals surface area contributed by atoms with Gasteiger partial charge in [0, 0.05) is 30.8 Å². The van der Waals surface area contributed by atoms with Gasteiger partial charge in [-0.2, -0.15) is 0 Å². The zero-order valence-corrected chi connectivity index (χ0v) is 11.4. The molecule has 1 aliphatic heterocycles. The smallest absolute Gasteiger partial charge is 0.303 e. The van der Waals surface area contributed by atoms with E-state index in [4.69, 9.17) is 5.11 Å². The Morgan fingerprint density at radius 1 is 1.05 bits per heavy atom. The molecule has 20 heavy (non-hydrogen) atoms. The van der Waals surface area contributed by atoms with Crippen molar-refractivity contribution < 1.29 is 9.90 Å². The molecule has 0 radical (unpaired) electrons. The number of para-hydroxylation sites is 2. The van der Waals surface area contributed by atoms with Crippen molar-refractivity contribution in [1.29, 1.82) is 0 Å². The fourth-order valence-corrected chi connectivity index (χ4v) is 3.05. The minimum atomic E-state index is -0.737. The molecule has 0 aromatic heterocycles. The van der Waals surface area contributed by atoms with Crippen LogP contribution in [0.4, 0.5) is 11.4 Å². The summed E-state index contributed by atoms with van der Waals surface area (Å²) in [7, 11) is 2.06. The number of hydrogen-bond donors (Lipinski definition) is 1. The van der Waals surface area contributed by atoms with E-state index in [9.17, 15) is 4.79 Å². The van der Waals surface area contributed by atoms with Crippen molar-refractivity contribution in [2.24, 2.45) is 0 Å². The minimum absolute atomic E-state index is 0.162. The highest BCUT2D eigenvalue weighted by atomic mass is 16.4. The Morgan fingerprint density at radius 2 is 1.55 bits per heavy atom. The van der Waals surface area contributed by atoms with Crippen molar-refractivity contribution in [1.82, 2.24) is 0 Å². The van der Waals surface area contributed by atoms with Gasteiger partial charge in [0.25, 0.3) is 0 Å². The molecule has 102 valence electrons. The molecule has 0 spiro atoms. The van der Waals surface area contributed by atoms with Crippen LogP contribution in [0.15, 0.2) is 48.5 Å². The predicted octanol–water partition coefficient (Wildman–Crippen LogP) is 3.76. The van der Waals surface area contributed by atoms with Gasteiger partial charge in [0.15, 0.2) is 0 Å². The highest BCUT2D eigenvalue weighted by Gasteiger charge is 2.28. The average molecular weight is 267 g/mol. The molecule has 1 aliphatic rings. The first kappa shape index (κ1) is 12.7. The van der Waals surface area contributed by atoms with Crippen molar-refractivity contribution in [3.8, 4) is 0 Å². The predicted molar refractivity (Wildman–Crippen MR) is 79.7 cm³/mol. The normalized spacial score (nSPS) is 13.8. The Morgan fingerprint density at radius 3 is 2.05 bits per heavy atom. The first-order valence-corrected chi connectivity index (χ1v) is 6.82. The average Bonchev–Trinajstić information content (AvgIpc) is 2.47. The van der Waals surface area contributed by atoms with Crippen LogP contribution in [-0.4, -0.2) is 18.1 Å². The van der Waals surface area contributed by atoms with Crippen LogP contribution in [0.5, 0.6) is 0 Å². The maximum absolute atomic E-state index is 10.9. The summed E-state index contributed by atoms with van der Waals surface area (Å²) in [6.45, 7) is 0. The molecule has 0 amide bonds. The van der Waals surface area contributed by atoms with E-state index >= 15 is 0 Å². The zero-order valence-electron chi connectivity index (χ0n) is 11.4. The Bertz CT molecular complexity index is 603. The van der Waals surface area contributed by atoms with Gasteiger partial charge >= 0.3 is 5.97 Å². The SMILES string of the molecule is CN1c2ccccc2C(CCC(=O)O)c2ccccc21. The molecule has 0 aliphatic carbocycles. The number of aliphatic carboxylic acids is 1. The summed E-state index contributed by atoms with van der Waals surface area (Å²) in [4.78, 5) is 13.1. The van der Waals surface area contributed by atoms with Crippen molar-refractivity contribution in [2.75, 3.05) is 11.9 Å². The van der Waals surface area contributed by atoms with Gasteiger partial charge < -0.3 is 10.0 Å². The third-order valence-corrected chi connectivity index (χ3v) is 3.99. The van der Waals surface area contributed by atoms with Crippen LogP contribution in [0.1, 0.15) is 29.9 Å². The van der Waals surface area contributed by atoms with E-state index in [0.717, 1.165) is 0 Å². The van der Waals surface area contributed by atoms with E-state index in [1.807, 2.05) is 24.3 Å². The molecule has 2 aromatic rings. The lowest BCUT2D eigenvalue weighted by atomic mass is 9.82. The maximum atomic E-state index is 10.9. The molecule has 2 aromatic carbocycles. The van der Waals surface area contributed by atoms with Gasteiger partial charge in [-0.3, -0.25) is 4.79 Å². The number of carboxylic acids is 1. The number of nitrogens with zero attached hydrogens (tertiary/aromatic N) is 1. The molecule has 0 fully saturated rings. The van der Waals surface area contributed by atoms with Gasteiger partial charge in [-0.15, -0.1) is 0 Å². The molecular weight excluding hydrogens is 250 g/mol. The van der Waals surface area contributed by atoms with Gasteiger partial charge in [-0.05, 0) is 29.7 Å². The van der Waals surface area contributed by atoms with Crippen molar-refractivity contribution in [3.63, 3.8) is 0 Å². The molecule has 0 bridgehead atoms. The van der Waals surface area contributed by atoms with Gasteiger partial charge in [0.05, 0.1) is 0 Å². The Balaban J connectivity index is 2.09. The van der Waals surface area contributed by atoms with Crippen molar-refractivity contribution in [2.45, 2.75) is 18.8 Å². The fraction of sp³-hybridized carbons (Fsp3) is 0.235. The van der Waals surface area contributed by atoms with Gasteiger partial charge in [0.2, 0.25) is 0 Å². The minimum Gasteiger partial charge on any atom is -0.481 e. The standard InChI is InChI=1S/C17H17NO2/c1-18-15-8-4-2-6-13(15)12(10-11-17(19)20)14-7-3-5-9-16(14)18/h2-9,12H,10-11H2,1H3,(H,19,20). The Hall–Kier alpha value is -2.29. The topological polar surface area (TPSA) is 40.5 Å². The molecule has 3 heteroatoms. The van der Waals surface area contributed by atoms with Gasteiger partial charge in [-0.1, -0.05) is 36.4 Å². The number of carboxylic acid groups (broad SMARTS) is 1. The Kier molecular flexibility index (Phi) is 3.18. The summed E-state index contributed by atoms with van der Waals surface area (Å²) in [6.07, 6.45) is 0.828. The second kappa shape index (κ2) is 5.00. The van der Waals surface area contributed by atoms with Gasteiger partial charge in [-0.25, -0.2) is 0 Å². The van der Waals surface area contributed by atoms with E-state index < -0.39 is 5.97 Å². The summed E-state index contributed by atoms with van der Waals surface area (Å²) < 4.78 is 0. The summed E-state index contributed by atoms with van der Waals surface area (Å²) in [6, 6.07) is 16.5. The first-order valence-electron chi connectivity index (χ1n) is 6.82. The number of benzene rings is 2. The quantitative estimate of drug-likeness (QED) is 0.920. The number of rotatable bonds is 3.